The Morgan fingerprint density at radius 3 is 2.56 bits per heavy atom. The van der Waals surface area contributed by atoms with Crippen LogP contribution in [0.4, 0.5) is 19.1 Å². The molecule has 34 heavy (non-hydrogen) atoms. The molecule has 11 heteroatoms. The predicted molar refractivity (Wildman–Crippen MR) is 121 cm³/mol. The summed E-state index contributed by atoms with van der Waals surface area (Å²) in [6, 6.07) is 6.48. The van der Waals surface area contributed by atoms with E-state index in [0.717, 1.165) is 25.2 Å². The number of piperidine rings is 1. The zero-order valence-corrected chi connectivity index (χ0v) is 19.0. The van der Waals surface area contributed by atoms with Crippen LogP contribution in [0.1, 0.15) is 35.7 Å². The summed E-state index contributed by atoms with van der Waals surface area (Å²) in [4.78, 5) is 31.5. The van der Waals surface area contributed by atoms with E-state index in [4.69, 9.17) is 11.6 Å². The minimum absolute atomic E-state index is 0.0688. The second-order valence-corrected chi connectivity index (χ2v) is 8.56. The van der Waals surface area contributed by atoms with Crippen LogP contribution in [-0.2, 0) is 6.18 Å². The van der Waals surface area contributed by atoms with Gasteiger partial charge in [0.05, 0.1) is 17.2 Å². The SMILES string of the molecule is CC1CCCN(C(=O)c2cc(Cl)ccc2-c2ncccn2)C1CNc1ncc(C(F)(F)F)cn1. The minimum atomic E-state index is -4.50. The third-order valence-electron chi connectivity index (χ3n) is 5.84. The van der Waals surface area contributed by atoms with Crippen molar-refractivity contribution in [3.8, 4) is 11.4 Å². The Hall–Kier alpha value is -3.27. The number of carbonyl (C=O) groups is 1. The molecule has 1 aliphatic rings. The number of anilines is 1. The third kappa shape index (κ3) is 5.27. The standard InChI is InChI=1S/C23H22ClF3N6O/c1-14-4-2-9-33(19(14)13-32-22-30-11-15(12-31-22)23(25,26)27)21(34)18-10-16(24)5-6-17(18)20-28-7-3-8-29-20/h3,5-8,10-12,14,19H,2,4,9,13H2,1H3,(H,30,31,32). The molecule has 2 unspecified atom stereocenters. The Morgan fingerprint density at radius 2 is 1.88 bits per heavy atom. The summed E-state index contributed by atoms with van der Waals surface area (Å²) in [5.41, 5.74) is 0.0482. The molecule has 178 valence electrons. The van der Waals surface area contributed by atoms with Crippen LogP contribution in [0, 0.1) is 5.92 Å². The fourth-order valence-corrected chi connectivity index (χ4v) is 4.23. The van der Waals surface area contributed by atoms with Crippen LogP contribution >= 0.6 is 11.6 Å². The lowest BCUT2D eigenvalue weighted by Crippen LogP contribution is -2.51. The molecule has 0 saturated carbocycles. The third-order valence-corrected chi connectivity index (χ3v) is 6.08. The van der Waals surface area contributed by atoms with Gasteiger partial charge in [0, 0.05) is 48.5 Å². The Labute approximate surface area is 199 Å². The molecule has 1 aromatic carbocycles. The number of halogens is 4. The normalized spacial score (nSPS) is 18.6. The molecule has 2 aromatic heterocycles. The second kappa shape index (κ2) is 9.92. The maximum Gasteiger partial charge on any atom is 0.419 e. The lowest BCUT2D eigenvalue weighted by Gasteiger charge is -2.40. The number of benzene rings is 1. The summed E-state index contributed by atoms with van der Waals surface area (Å²) in [5.74, 6) is 0.423. The van der Waals surface area contributed by atoms with Crippen LogP contribution in [-0.4, -0.2) is 49.9 Å². The van der Waals surface area contributed by atoms with Crippen molar-refractivity contribution in [1.82, 2.24) is 24.8 Å². The highest BCUT2D eigenvalue weighted by Crippen LogP contribution is 2.30. The molecule has 0 aliphatic carbocycles. The van der Waals surface area contributed by atoms with Crippen molar-refractivity contribution in [2.24, 2.45) is 5.92 Å². The van der Waals surface area contributed by atoms with Crippen molar-refractivity contribution in [2.45, 2.75) is 32.0 Å². The first-order chi connectivity index (χ1) is 16.2. The van der Waals surface area contributed by atoms with Gasteiger partial charge < -0.3 is 10.2 Å². The van der Waals surface area contributed by atoms with E-state index >= 15 is 0 Å². The van der Waals surface area contributed by atoms with E-state index in [2.05, 4.69) is 25.3 Å². The summed E-state index contributed by atoms with van der Waals surface area (Å²) in [5, 5.41) is 3.40. The molecule has 4 rings (SSSR count). The summed E-state index contributed by atoms with van der Waals surface area (Å²) >= 11 is 6.22. The molecular formula is C23H22ClF3N6O. The Balaban J connectivity index is 1.57. The first-order valence-electron chi connectivity index (χ1n) is 10.7. The van der Waals surface area contributed by atoms with Crippen molar-refractivity contribution in [1.29, 1.82) is 0 Å². The van der Waals surface area contributed by atoms with Gasteiger partial charge in [0.25, 0.3) is 5.91 Å². The largest absolute Gasteiger partial charge is 0.419 e. The lowest BCUT2D eigenvalue weighted by atomic mass is 9.89. The van der Waals surface area contributed by atoms with Crippen molar-refractivity contribution in [3.63, 3.8) is 0 Å². The molecule has 0 bridgehead atoms. The highest BCUT2D eigenvalue weighted by Gasteiger charge is 2.34. The average Bonchev–Trinajstić information content (AvgIpc) is 2.83. The number of nitrogens with zero attached hydrogens (tertiary/aromatic N) is 5. The Bertz CT molecular complexity index is 1140. The molecule has 0 radical (unpaired) electrons. The Kier molecular flexibility index (Phi) is 6.97. The summed E-state index contributed by atoms with van der Waals surface area (Å²) in [6.45, 7) is 2.86. The van der Waals surface area contributed by atoms with Crippen molar-refractivity contribution < 1.29 is 18.0 Å². The van der Waals surface area contributed by atoms with Crippen molar-refractivity contribution in [3.05, 3.63) is 65.2 Å². The molecule has 1 amide bonds. The molecule has 3 heterocycles. The number of nitrogens with one attached hydrogen (secondary N) is 1. The molecule has 1 aliphatic heterocycles. The fourth-order valence-electron chi connectivity index (χ4n) is 4.06. The molecule has 1 N–H and O–H groups in total. The molecule has 2 atom stereocenters. The van der Waals surface area contributed by atoms with Gasteiger partial charge in [-0.1, -0.05) is 18.5 Å². The number of carbonyl (C=O) groups excluding carboxylic acids is 1. The maximum absolute atomic E-state index is 13.7. The number of alkyl halides is 3. The van der Waals surface area contributed by atoms with Gasteiger partial charge in [-0.25, -0.2) is 19.9 Å². The molecule has 1 fully saturated rings. The van der Waals surface area contributed by atoms with E-state index in [1.165, 1.54) is 0 Å². The zero-order chi connectivity index (χ0) is 24.3. The van der Waals surface area contributed by atoms with Gasteiger partial charge in [-0.3, -0.25) is 4.79 Å². The number of likely N-dealkylation sites (tertiary alicyclic amines) is 1. The summed E-state index contributed by atoms with van der Waals surface area (Å²) < 4.78 is 38.3. The maximum atomic E-state index is 13.7. The van der Waals surface area contributed by atoms with Gasteiger partial charge in [0.1, 0.15) is 0 Å². The average molecular weight is 491 g/mol. The first-order valence-corrected chi connectivity index (χ1v) is 11.1. The molecular weight excluding hydrogens is 469 g/mol. The van der Waals surface area contributed by atoms with Crippen LogP contribution in [0.2, 0.25) is 5.02 Å². The Morgan fingerprint density at radius 1 is 1.18 bits per heavy atom. The quantitative estimate of drug-likeness (QED) is 0.544. The number of hydrogen-bond acceptors (Lipinski definition) is 6. The monoisotopic (exact) mass is 490 g/mol. The van der Waals surface area contributed by atoms with E-state index in [0.29, 0.717) is 28.5 Å². The second-order valence-electron chi connectivity index (χ2n) is 8.12. The van der Waals surface area contributed by atoms with Gasteiger partial charge in [0.15, 0.2) is 5.82 Å². The van der Waals surface area contributed by atoms with Gasteiger partial charge in [-0.15, -0.1) is 0 Å². The number of aromatic nitrogens is 4. The summed E-state index contributed by atoms with van der Waals surface area (Å²) in [6.07, 6.45) is 1.92. The van der Waals surface area contributed by atoms with E-state index in [1.807, 2.05) is 6.92 Å². The van der Waals surface area contributed by atoms with Gasteiger partial charge in [0.2, 0.25) is 5.95 Å². The number of amides is 1. The van der Waals surface area contributed by atoms with Crippen LogP contribution in [0.3, 0.4) is 0 Å². The lowest BCUT2D eigenvalue weighted by molar-refractivity contribution is -0.138. The molecule has 7 nitrogen and oxygen atoms in total. The molecule has 3 aromatic rings. The van der Waals surface area contributed by atoms with Crippen LogP contribution in [0.25, 0.3) is 11.4 Å². The fraction of sp³-hybridized carbons (Fsp3) is 0.348. The predicted octanol–water partition coefficient (Wildman–Crippen LogP) is 4.96. The van der Waals surface area contributed by atoms with Crippen LogP contribution in [0.15, 0.2) is 49.1 Å². The number of rotatable bonds is 5. The van der Waals surface area contributed by atoms with Crippen molar-refractivity contribution >= 4 is 23.5 Å². The first kappa shape index (κ1) is 23.9. The minimum Gasteiger partial charge on any atom is -0.352 e. The van der Waals surface area contributed by atoms with Crippen molar-refractivity contribution in [2.75, 3.05) is 18.4 Å². The zero-order valence-electron chi connectivity index (χ0n) is 18.3. The highest BCUT2D eigenvalue weighted by molar-refractivity contribution is 6.31. The van der Waals surface area contributed by atoms with Gasteiger partial charge >= 0.3 is 6.18 Å². The number of hydrogen-bond donors (Lipinski definition) is 1. The highest BCUT2D eigenvalue weighted by atomic mass is 35.5. The smallest absolute Gasteiger partial charge is 0.352 e. The van der Waals surface area contributed by atoms with Gasteiger partial charge in [-0.05, 0) is 43.0 Å². The topological polar surface area (TPSA) is 83.9 Å². The van der Waals surface area contributed by atoms with E-state index in [1.54, 1.807) is 41.6 Å². The van der Waals surface area contributed by atoms with Gasteiger partial charge in [-0.2, -0.15) is 13.2 Å². The summed E-state index contributed by atoms with van der Waals surface area (Å²) in [7, 11) is 0. The molecule has 1 saturated heterocycles. The molecule has 0 spiro atoms. The van der Waals surface area contributed by atoms with E-state index in [-0.39, 0.29) is 30.4 Å². The van der Waals surface area contributed by atoms with Crippen LogP contribution < -0.4 is 5.32 Å². The van der Waals surface area contributed by atoms with E-state index in [9.17, 15) is 18.0 Å². The van der Waals surface area contributed by atoms with Crippen LogP contribution in [0.5, 0.6) is 0 Å². The van der Waals surface area contributed by atoms with E-state index < -0.39 is 11.7 Å².